The molecule has 5 heteroatoms. The second kappa shape index (κ2) is 6.57. The minimum atomic E-state index is -0.172. The molecule has 0 aromatic rings. The molecule has 0 saturated carbocycles. The first-order valence-corrected chi connectivity index (χ1v) is 7.39. The Morgan fingerprint density at radius 2 is 1.57 bits per heavy atom. The van der Waals surface area contributed by atoms with Gasteiger partial charge in [0, 0.05) is 0 Å². The van der Waals surface area contributed by atoms with Crippen LogP contribution in [0, 0.1) is 0 Å². The molecule has 0 unspecified atom stereocenters. The standard InChI is InChI=1S/C2H11O2Si3/c1-5-3-7-4-6-2/h7H,5-6H2,1-2H3. The smallest absolute Gasteiger partial charge is 0.341 e. The third kappa shape index (κ3) is 6.57. The molecule has 0 saturated heterocycles. The van der Waals surface area contributed by atoms with E-state index in [1.807, 2.05) is 0 Å². The Hall–Kier alpha value is 0.571. The number of hydrogen-bond acceptors (Lipinski definition) is 2. The van der Waals surface area contributed by atoms with Gasteiger partial charge in [0.25, 0.3) is 0 Å². The molecule has 0 rings (SSSR count). The van der Waals surface area contributed by atoms with Crippen LogP contribution in [0.25, 0.3) is 0 Å². The second-order valence-corrected chi connectivity index (χ2v) is 5.02. The molecule has 0 aromatic heterocycles. The first-order chi connectivity index (χ1) is 3.41. The average molecular weight is 151 g/mol. The van der Waals surface area contributed by atoms with E-state index in [0.29, 0.717) is 0 Å². The van der Waals surface area contributed by atoms with E-state index in [1.54, 1.807) is 0 Å². The van der Waals surface area contributed by atoms with Crippen molar-refractivity contribution in [2.24, 2.45) is 0 Å². The first kappa shape index (κ1) is 7.57. The highest BCUT2D eigenvalue weighted by Gasteiger charge is 1.81. The van der Waals surface area contributed by atoms with Gasteiger partial charge in [0.1, 0.15) is 19.5 Å². The van der Waals surface area contributed by atoms with Gasteiger partial charge in [-0.15, -0.1) is 0 Å². The summed E-state index contributed by atoms with van der Waals surface area (Å²) in [6.07, 6.45) is 0. The molecule has 0 heterocycles. The average Bonchev–Trinajstić information content (AvgIpc) is 1.69. The van der Waals surface area contributed by atoms with E-state index in [2.05, 4.69) is 13.1 Å². The summed E-state index contributed by atoms with van der Waals surface area (Å²) < 4.78 is 10.2. The predicted octanol–water partition coefficient (Wildman–Crippen LogP) is -1.45. The molecule has 2 nitrogen and oxygen atoms in total. The lowest BCUT2D eigenvalue weighted by molar-refractivity contribution is 0.497. The van der Waals surface area contributed by atoms with Crippen LogP contribution in [0.3, 0.4) is 0 Å². The van der Waals surface area contributed by atoms with E-state index >= 15 is 0 Å². The van der Waals surface area contributed by atoms with Crippen molar-refractivity contribution in [2.45, 2.75) is 13.1 Å². The zero-order chi connectivity index (χ0) is 5.54. The van der Waals surface area contributed by atoms with E-state index in [-0.39, 0.29) is 29.5 Å². The Morgan fingerprint density at radius 3 is 1.86 bits per heavy atom. The van der Waals surface area contributed by atoms with Crippen molar-refractivity contribution in [3.05, 3.63) is 0 Å². The van der Waals surface area contributed by atoms with Crippen molar-refractivity contribution in [1.82, 2.24) is 0 Å². The van der Waals surface area contributed by atoms with Crippen molar-refractivity contribution < 1.29 is 8.23 Å². The van der Waals surface area contributed by atoms with Crippen molar-refractivity contribution >= 4 is 29.5 Å². The van der Waals surface area contributed by atoms with Crippen LogP contribution >= 0.6 is 0 Å². The van der Waals surface area contributed by atoms with Gasteiger partial charge in [0.05, 0.1) is 0 Å². The fourth-order valence-corrected chi connectivity index (χ4v) is 2.52. The molecular formula is C2H11O2Si3. The molecule has 0 fully saturated rings. The summed E-state index contributed by atoms with van der Waals surface area (Å²) in [6, 6.07) is 0. The molecule has 0 aromatic carbocycles. The first-order valence-electron chi connectivity index (χ1n) is 2.46. The maximum atomic E-state index is 5.11. The van der Waals surface area contributed by atoms with Crippen molar-refractivity contribution in [1.29, 1.82) is 0 Å². The Balaban J connectivity index is 2.45. The van der Waals surface area contributed by atoms with E-state index in [0.717, 1.165) is 0 Å². The SMILES string of the molecule is C[SiH2]O[SiH]O[SiH2]C. The van der Waals surface area contributed by atoms with Crippen LogP contribution in [-0.2, 0) is 8.23 Å². The molecule has 43 valence electrons. The Bertz CT molecular complexity index is 30.1. The quantitative estimate of drug-likeness (QED) is 0.362. The topological polar surface area (TPSA) is 18.5 Å². The van der Waals surface area contributed by atoms with Gasteiger partial charge in [0.2, 0.25) is 0 Å². The van der Waals surface area contributed by atoms with Gasteiger partial charge in [-0.05, 0) is 0 Å². The highest BCUT2D eigenvalue weighted by atomic mass is 28.4. The minimum absolute atomic E-state index is 0.0548. The summed E-state index contributed by atoms with van der Waals surface area (Å²) in [4.78, 5) is 0. The molecule has 0 aliphatic carbocycles. The molecule has 0 bridgehead atoms. The molecule has 0 aliphatic heterocycles. The van der Waals surface area contributed by atoms with Crippen LogP contribution in [-0.4, -0.2) is 29.5 Å². The summed E-state index contributed by atoms with van der Waals surface area (Å²) in [5.41, 5.74) is 0. The molecule has 0 N–H and O–H groups in total. The zero-order valence-electron chi connectivity index (χ0n) is 4.81. The fourth-order valence-electron chi connectivity index (χ4n) is 0.184. The lowest BCUT2D eigenvalue weighted by atomic mass is 11.9. The second-order valence-electron chi connectivity index (χ2n) is 1.01. The monoisotopic (exact) mass is 151 g/mol. The van der Waals surface area contributed by atoms with Crippen molar-refractivity contribution in [2.75, 3.05) is 0 Å². The van der Waals surface area contributed by atoms with Crippen LogP contribution < -0.4 is 0 Å². The molecule has 1 radical (unpaired) electrons. The zero-order valence-corrected chi connectivity index (χ0v) is 8.79. The van der Waals surface area contributed by atoms with Crippen LogP contribution in [0.15, 0.2) is 0 Å². The van der Waals surface area contributed by atoms with Gasteiger partial charge in [-0.25, -0.2) is 0 Å². The third-order valence-electron chi connectivity index (χ3n) is 0.469. The summed E-state index contributed by atoms with van der Waals surface area (Å²) >= 11 is 0. The lowest BCUT2D eigenvalue weighted by Gasteiger charge is -1.95. The number of hydrogen-bond donors (Lipinski definition) is 0. The maximum Gasteiger partial charge on any atom is 0.341 e. The Labute approximate surface area is 51.5 Å². The fraction of sp³-hybridized carbons (Fsp3) is 1.00. The van der Waals surface area contributed by atoms with Crippen LogP contribution in [0.2, 0.25) is 13.1 Å². The van der Waals surface area contributed by atoms with Gasteiger partial charge >= 0.3 is 10.0 Å². The van der Waals surface area contributed by atoms with E-state index < -0.39 is 0 Å². The van der Waals surface area contributed by atoms with E-state index in [4.69, 9.17) is 8.23 Å². The summed E-state index contributed by atoms with van der Waals surface area (Å²) in [7, 11) is -0.399. The number of rotatable bonds is 4. The van der Waals surface area contributed by atoms with Crippen molar-refractivity contribution in [3.8, 4) is 0 Å². The van der Waals surface area contributed by atoms with Gasteiger partial charge in [-0.3, -0.25) is 0 Å². The largest absolute Gasteiger partial charge is 0.444 e. The summed E-state index contributed by atoms with van der Waals surface area (Å²) in [5, 5.41) is 0. The van der Waals surface area contributed by atoms with Gasteiger partial charge in [0.15, 0.2) is 0 Å². The van der Waals surface area contributed by atoms with Crippen LogP contribution in [0.5, 0.6) is 0 Å². The van der Waals surface area contributed by atoms with Crippen LogP contribution in [0.1, 0.15) is 0 Å². The van der Waals surface area contributed by atoms with Gasteiger partial charge in [-0.2, -0.15) is 0 Å². The van der Waals surface area contributed by atoms with Gasteiger partial charge < -0.3 is 8.23 Å². The van der Waals surface area contributed by atoms with Crippen molar-refractivity contribution in [3.63, 3.8) is 0 Å². The summed E-state index contributed by atoms with van der Waals surface area (Å²) in [6.45, 7) is 4.24. The normalized spacial score (nSPS) is 12.9. The third-order valence-corrected chi connectivity index (χ3v) is 4.22. The molecule has 7 heavy (non-hydrogen) atoms. The predicted molar refractivity (Wildman–Crippen MR) is 38.1 cm³/mol. The molecule has 0 spiro atoms. The Morgan fingerprint density at radius 1 is 1.14 bits per heavy atom. The van der Waals surface area contributed by atoms with E-state index in [9.17, 15) is 0 Å². The molecule has 0 aliphatic rings. The highest BCUT2D eigenvalue weighted by Crippen LogP contribution is 1.66. The lowest BCUT2D eigenvalue weighted by Crippen LogP contribution is -2.06. The Kier molecular flexibility index (Phi) is 7.11. The molecular weight excluding hydrogens is 140 g/mol. The maximum absolute atomic E-state index is 5.11. The minimum Gasteiger partial charge on any atom is -0.444 e. The molecule has 0 amide bonds. The van der Waals surface area contributed by atoms with Gasteiger partial charge in [-0.1, -0.05) is 13.1 Å². The summed E-state index contributed by atoms with van der Waals surface area (Å²) in [5.74, 6) is 0. The molecule has 0 atom stereocenters. The highest BCUT2D eigenvalue weighted by molar-refractivity contribution is 6.44. The van der Waals surface area contributed by atoms with E-state index in [1.165, 1.54) is 0 Å². The van der Waals surface area contributed by atoms with Crippen LogP contribution in [0.4, 0.5) is 0 Å².